The van der Waals surface area contributed by atoms with Crippen molar-refractivity contribution in [3.63, 3.8) is 0 Å². The van der Waals surface area contributed by atoms with Crippen LogP contribution >= 0.6 is 11.3 Å². The van der Waals surface area contributed by atoms with Crippen LogP contribution < -0.4 is 8.92 Å². The zero-order chi connectivity index (χ0) is 18.2. The first-order valence-corrected chi connectivity index (χ1v) is 9.11. The summed E-state index contributed by atoms with van der Waals surface area (Å²) < 4.78 is 69.2. The van der Waals surface area contributed by atoms with Crippen LogP contribution in [0.15, 0.2) is 48.5 Å². The van der Waals surface area contributed by atoms with Crippen molar-refractivity contribution >= 4 is 31.5 Å². The van der Waals surface area contributed by atoms with Gasteiger partial charge in [-0.25, -0.2) is 0 Å². The van der Waals surface area contributed by atoms with E-state index in [2.05, 4.69) is 4.18 Å². The molecule has 25 heavy (non-hydrogen) atoms. The predicted octanol–water partition coefficient (Wildman–Crippen LogP) is 4.81. The first kappa shape index (κ1) is 17.6. The van der Waals surface area contributed by atoms with Gasteiger partial charge < -0.3 is 8.92 Å². The van der Waals surface area contributed by atoms with Gasteiger partial charge in [-0.1, -0.05) is 0 Å². The van der Waals surface area contributed by atoms with E-state index < -0.39 is 15.6 Å². The smallest absolute Gasteiger partial charge is 0.497 e. The topological polar surface area (TPSA) is 52.6 Å². The summed E-state index contributed by atoms with van der Waals surface area (Å²) >= 11 is 1.31. The van der Waals surface area contributed by atoms with Crippen molar-refractivity contribution < 1.29 is 30.5 Å². The molecule has 2 aromatic carbocycles. The molecule has 0 unspecified atom stereocenters. The van der Waals surface area contributed by atoms with E-state index in [0.29, 0.717) is 10.4 Å². The van der Waals surface area contributed by atoms with Gasteiger partial charge in [-0.05, 0) is 59.5 Å². The third kappa shape index (κ3) is 3.57. The van der Waals surface area contributed by atoms with Gasteiger partial charge in [0, 0.05) is 9.58 Å². The van der Waals surface area contributed by atoms with Gasteiger partial charge in [-0.2, -0.15) is 21.6 Å². The second-order valence-electron chi connectivity index (χ2n) is 5.02. The normalized spacial score (nSPS) is 12.3. The summed E-state index contributed by atoms with van der Waals surface area (Å²) in [6, 6.07) is 13.1. The number of ether oxygens (including phenoxy) is 1. The molecule has 1 aromatic heterocycles. The largest absolute Gasteiger partial charge is 0.534 e. The van der Waals surface area contributed by atoms with Gasteiger partial charge in [0.1, 0.15) is 11.5 Å². The molecule has 4 nitrogen and oxygen atoms in total. The highest BCUT2D eigenvalue weighted by Crippen LogP contribution is 2.37. The Morgan fingerprint density at radius 2 is 1.60 bits per heavy atom. The number of alkyl halides is 3. The zero-order valence-corrected chi connectivity index (χ0v) is 14.3. The Balaban J connectivity index is 1.94. The lowest BCUT2D eigenvalue weighted by Gasteiger charge is -2.09. The molecule has 0 fully saturated rings. The monoisotopic (exact) mass is 388 g/mol. The van der Waals surface area contributed by atoms with E-state index in [1.807, 2.05) is 18.2 Å². The Morgan fingerprint density at radius 1 is 0.960 bits per heavy atom. The zero-order valence-electron chi connectivity index (χ0n) is 12.7. The molecule has 0 aliphatic heterocycles. The number of thiophene rings is 1. The van der Waals surface area contributed by atoms with Gasteiger partial charge in [0.15, 0.2) is 0 Å². The second-order valence-corrected chi connectivity index (χ2v) is 7.64. The van der Waals surface area contributed by atoms with Crippen molar-refractivity contribution in [2.75, 3.05) is 7.11 Å². The molecule has 132 valence electrons. The lowest BCUT2D eigenvalue weighted by molar-refractivity contribution is -0.0500. The molecule has 0 spiro atoms. The Kier molecular flexibility index (Phi) is 4.38. The average molecular weight is 388 g/mol. The molecule has 0 saturated heterocycles. The molecule has 0 saturated carbocycles. The quantitative estimate of drug-likeness (QED) is 0.476. The maximum atomic E-state index is 12.4. The molecule has 0 radical (unpaired) electrons. The van der Waals surface area contributed by atoms with E-state index in [4.69, 9.17) is 4.74 Å². The van der Waals surface area contributed by atoms with E-state index in [-0.39, 0.29) is 5.75 Å². The molecule has 0 aliphatic rings. The minimum absolute atomic E-state index is 0.382. The highest BCUT2D eigenvalue weighted by Gasteiger charge is 2.48. The molecule has 0 amide bonds. The van der Waals surface area contributed by atoms with Crippen molar-refractivity contribution in [3.05, 3.63) is 48.5 Å². The number of halogens is 3. The van der Waals surface area contributed by atoms with Gasteiger partial charge in [0.25, 0.3) is 0 Å². The van der Waals surface area contributed by atoms with Gasteiger partial charge >= 0.3 is 15.6 Å². The molecule has 3 aromatic rings. The van der Waals surface area contributed by atoms with Crippen molar-refractivity contribution in [2.24, 2.45) is 0 Å². The van der Waals surface area contributed by atoms with Crippen molar-refractivity contribution in [3.8, 4) is 21.9 Å². The summed E-state index contributed by atoms with van der Waals surface area (Å²) in [7, 11) is -4.12. The van der Waals surface area contributed by atoms with E-state index in [1.165, 1.54) is 29.5 Å². The van der Waals surface area contributed by atoms with Gasteiger partial charge in [0.05, 0.1) is 7.11 Å². The van der Waals surface area contributed by atoms with Crippen LogP contribution in [0.4, 0.5) is 13.2 Å². The summed E-state index contributed by atoms with van der Waals surface area (Å²) in [6.07, 6.45) is 0. The van der Waals surface area contributed by atoms with Crippen molar-refractivity contribution in [1.29, 1.82) is 0 Å². The molecular formula is C16H11F3O4S2. The Bertz CT molecular complexity index is 1010. The highest BCUT2D eigenvalue weighted by molar-refractivity contribution is 7.88. The lowest BCUT2D eigenvalue weighted by atomic mass is 10.1. The summed E-state index contributed by atoms with van der Waals surface area (Å²) in [5, 5.41) is 0.771. The molecule has 3 rings (SSSR count). The second kappa shape index (κ2) is 6.23. The van der Waals surface area contributed by atoms with Crippen LogP contribution in [0, 0.1) is 0 Å². The van der Waals surface area contributed by atoms with E-state index in [9.17, 15) is 21.6 Å². The molecule has 0 bridgehead atoms. The van der Waals surface area contributed by atoms with Crippen molar-refractivity contribution in [2.45, 2.75) is 5.51 Å². The summed E-state index contributed by atoms with van der Waals surface area (Å²) in [5.41, 5.74) is -4.56. The van der Waals surface area contributed by atoms with Gasteiger partial charge in [-0.15, -0.1) is 11.3 Å². The van der Waals surface area contributed by atoms with E-state index in [0.717, 1.165) is 15.8 Å². The fraction of sp³-hybridized carbons (Fsp3) is 0.125. The SMILES string of the molecule is COc1ccc(-c2cc3ccc(OS(=O)(=O)C(F)(F)F)cc3s2)cc1. The fourth-order valence-corrected chi connectivity index (χ4v) is 3.68. The predicted molar refractivity (Wildman–Crippen MR) is 89.4 cm³/mol. The first-order chi connectivity index (χ1) is 11.7. The number of methoxy groups -OCH3 is 1. The van der Waals surface area contributed by atoms with Crippen LogP contribution in [0.2, 0.25) is 0 Å². The summed E-state index contributed by atoms with van der Waals surface area (Å²) in [6.45, 7) is 0. The third-order valence-electron chi connectivity index (χ3n) is 3.36. The molecular weight excluding hydrogens is 377 g/mol. The number of hydrogen-bond acceptors (Lipinski definition) is 5. The Morgan fingerprint density at radius 3 is 2.20 bits per heavy atom. The van der Waals surface area contributed by atoms with Gasteiger partial charge in [-0.3, -0.25) is 0 Å². The van der Waals surface area contributed by atoms with Crippen molar-refractivity contribution in [1.82, 2.24) is 0 Å². The minimum Gasteiger partial charge on any atom is -0.497 e. The number of fused-ring (bicyclic) bond motifs is 1. The molecule has 1 heterocycles. The van der Waals surface area contributed by atoms with Gasteiger partial charge in [0.2, 0.25) is 0 Å². The first-order valence-electron chi connectivity index (χ1n) is 6.88. The van der Waals surface area contributed by atoms with E-state index in [1.54, 1.807) is 19.2 Å². The van der Waals surface area contributed by atoms with Crippen LogP contribution in [0.5, 0.6) is 11.5 Å². The standard InChI is InChI=1S/C16H11F3O4S2/c1-22-12-5-2-10(3-6-12)14-8-11-4-7-13(9-15(11)24-14)23-25(20,21)16(17,18)19/h2-9H,1H3. The highest BCUT2D eigenvalue weighted by atomic mass is 32.2. The maximum Gasteiger partial charge on any atom is 0.534 e. The van der Waals surface area contributed by atoms with E-state index >= 15 is 0 Å². The summed E-state index contributed by atoms with van der Waals surface area (Å²) in [5.74, 6) is 0.325. The summed E-state index contributed by atoms with van der Waals surface area (Å²) in [4.78, 5) is 0.883. The van der Waals surface area contributed by atoms with Crippen LogP contribution in [-0.2, 0) is 10.1 Å². The van der Waals surface area contributed by atoms with Crippen LogP contribution in [0.1, 0.15) is 0 Å². The number of hydrogen-bond donors (Lipinski definition) is 0. The lowest BCUT2D eigenvalue weighted by Crippen LogP contribution is -2.27. The van der Waals surface area contributed by atoms with Crippen LogP contribution in [-0.4, -0.2) is 21.0 Å². The minimum atomic E-state index is -5.68. The van der Waals surface area contributed by atoms with Crippen LogP contribution in [0.3, 0.4) is 0 Å². The maximum absolute atomic E-state index is 12.4. The molecule has 0 N–H and O–H groups in total. The Hall–Kier alpha value is -2.26. The fourth-order valence-electron chi connectivity index (χ4n) is 2.13. The Labute approximate surface area is 145 Å². The molecule has 0 aliphatic carbocycles. The average Bonchev–Trinajstić information content (AvgIpc) is 2.96. The number of benzene rings is 2. The van der Waals surface area contributed by atoms with Crippen LogP contribution in [0.25, 0.3) is 20.5 Å². The molecule has 9 heteroatoms. The third-order valence-corrected chi connectivity index (χ3v) is 5.48. The molecule has 0 atom stereocenters. The number of rotatable bonds is 4.